The molecule has 6 nitrogen and oxygen atoms in total. The summed E-state index contributed by atoms with van der Waals surface area (Å²) < 4.78 is 2.01. The van der Waals surface area contributed by atoms with Crippen LogP contribution in [0.15, 0.2) is 52.7 Å². The van der Waals surface area contributed by atoms with Gasteiger partial charge in [-0.05, 0) is 24.0 Å². The van der Waals surface area contributed by atoms with Gasteiger partial charge in [-0.2, -0.15) is 0 Å². The highest BCUT2D eigenvalue weighted by Gasteiger charge is 2.35. The maximum atomic E-state index is 12.7. The number of nitrogens with zero attached hydrogens (tertiary/aromatic N) is 4. The Balaban J connectivity index is 1.97. The number of nitrogens with one attached hydrogen (secondary N) is 1. The van der Waals surface area contributed by atoms with E-state index in [-0.39, 0.29) is 12.1 Å². The molecule has 2 aliphatic heterocycles. The number of benzene rings is 1. The van der Waals surface area contributed by atoms with Crippen molar-refractivity contribution in [3.05, 3.63) is 58.9 Å². The van der Waals surface area contributed by atoms with Gasteiger partial charge in [-0.3, -0.25) is 15.1 Å². The molecule has 7 heteroatoms. The second-order valence-corrected chi connectivity index (χ2v) is 6.80. The van der Waals surface area contributed by atoms with E-state index in [9.17, 15) is 4.79 Å². The Morgan fingerprint density at radius 3 is 2.83 bits per heavy atom. The van der Waals surface area contributed by atoms with Crippen molar-refractivity contribution < 1.29 is 4.79 Å². The van der Waals surface area contributed by atoms with E-state index in [0.717, 1.165) is 22.0 Å². The predicted molar refractivity (Wildman–Crippen MR) is 94.3 cm³/mol. The van der Waals surface area contributed by atoms with E-state index in [1.807, 2.05) is 61.1 Å². The highest BCUT2D eigenvalue weighted by atomic mass is 32.2. The number of carbonyl (C=O) groups is 1. The van der Waals surface area contributed by atoms with Gasteiger partial charge in [0.1, 0.15) is 5.70 Å². The first kappa shape index (κ1) is 15.0. The lowest BCUT2D eigenvalue weighted by molar-refractivity contribution is -0.116. The third kappa shape index (κ3) is 2.32. The summed E-state index contributed by atoms with van der Waals surface area (Å²) in [6.45, 7) is 2.03. The molecule has 122 valence electrons. The van der Waals surface area contributed by atoms with Gasteiger partial charge in [-0.1, -0.05) is 36.9 Å². The number of carbonyl (C=O) groups excluding carboxylic acids is 1. The summed E-state index contributed by atoms with van der Waals surface area (Å²) >= 11 is 1.51. The molecular weight excluding hydrogens is 322 g/mol. The van der Waals surface area contributed by atoms with Gasteiger partial charge in [0.05, 0.1) is 11.1 Å². The fourth-order valence-corrected chi connectivity index (χ4v) is 3.55. The molecule has 0 spiro atoms. The summed E-state index contributed by atoms with van der Waals surface area (Å²) in [5.41, 5.74) is 1.54. The fraction of sp³-hybridized carbons (Fsp3) is 0.235. The summed E-state index contributed by atoms with van der Waals surface area (Å²) in [4.78, 5) is 17.6. The summed E-state index contributed by atoms with van der Waals surface area (Å²) in [6, 6.07) is 11.7. The second kappa shape index (κ2) is 5.83. The van der Waals surface area contributed by atoms with Crippen LogP contribution in [-0.2, 0) is 11.8 Å². The number of hydrazone groups is 1. The molecule has 0 radical (unpaired) electrons. The van der Waals surface area contributed by atoms with Gasteiger partial charge in [0, 0.05) is 18.5 Å². The van der Waals surface area contributed by atoms with Crippen LogP contribution < -0.4 is 15.9 Å². The molecule has 3 heterocycles. The molecule has 0 saturated carbocycles. The van der Waals surface area contributed by atoms with Gasteiger partial charge in [-0.25, -0.2) is 5.01 Å². The smallest absolute Gasteiger partial charge is 0.276 e. The molecular formula is C17H17N5OS. The molecule has 0 saturated heterocycles. The minimum atomic E-state index is -0.353. The molecule has 4 rings (SSSR count). The van der Waals surface area contributed by atoms with Crippen molar-refractivity contribution in [3.63, 3.8) is 0 Å². The van der Waals surface area contributed by atoms with Crippen molar-refractivity contribution in [1.82, 2.24) is 14.9 Å². The molecule has 1 atom stereocenters. The quantitative estimate of drug-likeness (QED) is 0.885. The Bertz CT molecular complexity index is 961. The first-order chi connectivity index (χ1) is 11.7. The zero-order valence-electron chi connectivity index (χ0n) is 13.4. The van der Waals surface area contributed by atoms with Crippen LogP contribution in [0.25, 0.3) is 5.70 Å². The Morgan fingerprint density at radius 1 is 1.25 bits per heavy atom. The maximum absolute atomic E-state index is 12.7. The zero-order valence-corrected chi connectivity index (χ0v) is 14.2. The summed E-state index contributed by atoms with van der Waals surface area (Å²) in [5.74, 6) is 0.702. The lowest BCUT2D eigenvalue weighted by Crippen LogP contribution is -2.50. The van der Waals surface area contributed by atoms with Crippen molar-refractivity contribution in [2.24, 2.45) is 17.1 Å². The monoisotopic (exact) mass is 339 g/mol. The van der Waals surface area contributed by atoms with Crippen molar-refractivity contribution in [3.8, 4) is 0 Å². The van der Waals surface area contributed by atoms with E-state index in [2.05, 4.69) is 10.4 Å². The molecule has 0 bridgehead atoms. The maximum Gasteiger partial charge on any atom is 0.276 e. The number of thioether (sulfide) groups is 1. The topological polar surface area (TPSA) is 62.0 Å². The number of rotatable bonds is 2. The first-order valence-electron chi connectivity index (χ1n) is 7.79. The summed E-state index contributed by atoms with van der Waals surface area (Å²) in [7, 11) is 1.97. The number of amides is 1. The molecule has 0 fully saturated rings. The number of aryl methyl sites for hydroxylation is 1. The number of aromatic nitrogens is 1. The highest BCUT2D eigenvalue weighted by Crippen LogP contribution is 2.30. The normalized spacial score (nSPS) is 19.2. The Morgan fingerprint density at radius 2 is 2.08 bits per heavy atom. The number of hydrogen-bond donors (Lipinski definition) is 1. The van der Waals surface area contributed by atoms with Crippen LogP contribution in [0, 0.1) is 0 Å². The van der Waals surface area contributed by atoms with Gasteiger partial charge in [0.2, 0.25) is 0 Å². The average molecular weight is 339 g/mol. The zero-order chi connectivity index (χ0) is 16.7. The Hall–Kier alpha value is -2.54. The van der Waals surface area contributed by atoms with Gasteiger partial charge >= 0.3 is 0 Å². The van der Waals surface area contributed by atoms with Crippen LogP contribution >= 0.6 is 11.8 Å². The number of fused-ring (bicyclic) bond motifs is 2. The van der Waals surface area contributed by atoms with E-state index in [1.54, 1.807) is 5.01 Å². The van der Waals surface area contributed by atoms with E-state index in [4.69, 9.17) is 4.99 Å². The van der Waals surface area contributed by atoms with Gasteiger partial charge in [0.15, 0.2) is 11.3 Å². The van der Waals surface area contributed by atoms with E-state index in [1.165, 1.54) is 11.8 Å². The van der Waals surface area contributed by atoms with Crippen LogP contribution in [-0.4, -0.2) is 26.4 Å². The highest BCUT2D eigenvalue weighted by molar-refractivity contribution is 8.13. The first-order valence-corrected chi connectivity index (χ1v) is 8.78. The minimum absolute atomic E-state index is 0.137. The van der Waals surface area contributed by atoms with Gasteiger partial charge in [0.25, 0.3) is 5.91 Å². The molecule has 1 aromatic heterocycles. The summed E-state index contributed by atoms with van der Waals surface area (Å²) in [5, 5.41) is 11.5. The van der Waals surface area contributed by atoms with Crippen molar-refractivity contribution >= 4 is 28.5 Å². The fourth-order valence-electron chi connectivity index (χ4n) is 2.96. The molecule has 0 unspecified atom stereocenters. The number of para-hydroxylation sites is 1. The van der Waals surface area contributed by atoms with Crippen LogP contribution in [0.1, 0.15) is 18.8 Å². The van der Waals surface area contributed by atoms with Crippen molar-refractivity contribution in [2.75, 3.05) is 5.75 Å². The largest absolute Gasteiger partial charge is 0.351 e. The van der Waals surface area contributed by atoms with Crippen LogP contribution in [0.5, 0.6) is 0 Å². The number of amidine groups is 1. The van der Waals surface area contributed by atoms with E-state index >= 15 is 0 Å². The SMILES string of the molecule is CCSC1=NN2C(=c3ccccc3=N[C@@H]2c2cccn2C)C(=O)N1. The second-order valence-electron chi connectivity index (χ2n) is 5.55. The van der Waals surface area contributed by atoms with Crippen molar-refractivity contribution in [1.29, 1.82) is 0 Å². The van der Waals surface area contributed by atoms with Gasteiger partial charge < -0.3 is 4.57 Å². The molecule has 2 aromatic rings. The Labute approximate surface area is 143 Å². The van der Waals surface area contributed by atoms with Crippen LogP contribution in [0.3, 0.4) is 0 Å². The third-order valence-electron chi connectivity index (χ3n) is 4.04. The standard InChI is InChI=1S/C17H17N5OS/c1-3-24-17-19-16(23)14-11-7-4-5-8-12(11)18-15(22(14)20-17)13-9-6-10-21(13)2/h4-10,15H,3H2,1-2H3,(H,19,20,23)/t15-/m0/s1. The average Bonchev–Trinajstić information content (AvgIpc) is 3.00. The lowest BCUT2D eigenvalue weighted by atomic mass is 10.1. The molecule has 2 aliphatic rings. The van der Waals surface area contributed by atoms with Gasteiger partial charge in [-0.15, -0.1) is 5.10 Å². The third-order valence-corrected chi connectivity index (χ3v) is 4.79. The molecule has 24 heavy (non-hydrogen) atoms. The molecule has 1 aromatic carbocycles. The van der Waals surface area contributed by atoms with E-state index < -0.39 is 0 Å². The van der Waals surface area contributed by atoms with E-state index in [0.29, 0.717) is 10.9 Å². The Kier molecular flexibility index (Phi) is 3.65. The molecule has 1 amide bonds. The minimum Gasteiger partial charge on any atom is -0.351 e. The summed E-state index contributed by atoms with van der Waals surface area (Å²) in [6.07, 6.45) is 1.62. The van der Waals surface area contributed by atoms with Crippen molar-refractivity contribution in [2.45, 2.75) is 13.1 Å². The molecule has 0 aliphatic carbocycles. The number of hydrogen-bond acceptors (Lipinski definition) is 5. The lowest BCUT2D eigenvalue weighted by Gasteiger charge is -2.34. The molecule has 1 N–H and O–H groups in total. The van der Waals surface area contributed by atoms with Crippen LogP contribution in [0.4, 0.5) is 0 Å². The predicted octanol–water partition coefficient (Wildman–Crippen LogP) is 0.921. The van der Waals surface area contributed by atoms with Crippen LogP contribution in [0.2, 0.25) is 0 Å².